The molecule has 0 aliphatic carbocycles. The first kappa shape index (κ1) is 19.3. The number of phenols is 1. The monoisotopic (exact) mass is 362 g/mol. The highest BCUT2D eigenvalue weighted by atomic mass is 35.5. The van der Waals surface area contributed by atoms with Gasteiger partial charge < -0.3 is 14.6 Å². The first-order chi connectivity index (χ1) is 12.1. The smallest absolute Gasteiger partial charge is 0.342 e. The molecule has 0 aliphatic rings. The van der Waals surface area contributed by atoms with Gasteiger partial charge in [0.05, 0.1) is 13.7 Å². The van der Waals surface area contributed by atoms with Crippen LogP contribution < -0.4 is 0 Å². The summed E-state index contributed by atoms with van der Waals surface area (Å²) >= 11 is 6.05. The van der Waals surface area contributed by atoms with E-state index in [1.165, 1.54) is 7.11 Å². The van der Waals surface area contributed by atoms with E-state index in [2.05, 4.69) is 0 Å². The quantitative estimate of drug-likeness (QED) is 0.588. The van der Waals surface area contributed by atoms with Crippen LogP contribution in [0.25, 0.3) is 11.1 Å². The molecule has 0 bridgehead atoms. The third kappa shape index (κ3) is 3.80. The number of carbonyl (C=O) groups excluding carboxylic acids is 1. The fraction of sp³-hybridized carbons (Fsp3) is 0.350. The minimum Gasteiger partial charge on any atom is -0.507 e. The molecule has 0 unspecified atom stereocenters. The van der Waals surface area contributed by atoms with E-state index in [0.29, 0.717) is 36.5 Å². The zero-order valence-corrected chi connectivity index (χ0v) is 15.5. The van der Waals surface area contributed by atoms with Gasteiger partial charge in [0.1, 0.15) is 11.3 Å². The Morgan fingerprint density at radius 2 is 1.80 bits per heavy atom. The van der Waals surface area contributed by atoms with Crippen LogP contribution >= 0.6 is 11.6 Å². The molecule has 0 fully saturated rings. The van der Waals surface area contributed by atoms with Crippen molar-refractivity contribution in [1.82, 2.24) is 0 Å². The number of hydrogen-bond acceptors (Lipinski definition) is 4. The topological polar surface area (TPSA) is 55.8 Å². The maximum absolute atomic E-state index is 12.5. The molecule has 0 saturated carbocycles. The average molecular weight is 363 g/mol. The van der Waals surface area contributed by atoms with Crippen molar-refractivity contribution in [1.29, 1.82) is 0 Å². The Kier molecular flexibility index (Phi) is 6.85. The molecule has 0 saturated heterocycles. The molecular weight excluding hydrogens is 340 g/mol. The predicted molar refractivity (Wildman–Crippen MR) is 99.4 cm³/mol. The lowest BCUT2D eigenvalue weighted by Gasteiger charge is -2.22. The average Bonchev–Trinajstić information content (AvgIpc) is 2.64. The SMILES string of the molecule is CCc1c(O)c(C(=O)OC)c(-c2ccccc2)c(CCCl)c1COC. The minimum atomic E-state index is -0.564. The summed E-state index contributed by atoms with van der Waals surface area (Å²) in [6, 6.07) is 9.49. The largest absolute Gasteiger partial charge is 0.507 e. The zero-order valence-electron chi connectivity index (χ0n) is 14.8. The van der Waals surface area contributed by atoms with Crippen molar-refractivity contribution in [2.75, 3.05) is 20.1 Å². The second-order valence-corrected chi connectivity index (χ2v) is 6.00. The molecule has 5 heteroatoms. The lowest BCUT2D eigenvalue weighted by molar-refractivity contribution is 0.0598. The number of halogens is 1. The first-order valence-corrected chi connectivity index (χ1v) is 8.72. The number of alkyl halides is 1. The molecule has 0 heterocycles. The second kappa shape index (κ2) is 8.88. The van der Waals surface area contributed by atoms with Crippen LogP contribution in [0.1, 0.15) is 34.0 Å². The molecule has 0 radical (unpaired) electrons. The Bertz CT molecular complexity index is 741. The van der Waals surface area contributed by atoms with Crippen LogP contribution in [0.4, 0.5) is 0 Å². The van der Waals surface area contributed by atoms with Crippen molar-refractivity contribution in [2.24, 2.45) is 0 Å². The van der Waals surface area contributed by atoms with Crippen LogP contribution in [0.5, 0.6) is 5.75 Å². The van der Waals surface area contributed by atoms with Gasteiger partial charge in [-0.05, 0) is 29.5 Å². The summed E-state index contributed by atoms with van der Waals surface area (Å²) in [5.74, 6) is -0.213. The normalized spacial score (nSPS) is 10.7. The molecule has 2 rings (SSSR count). The maximum Gasteiger partial charge on any atom is 0.342 e. The van der Waals surface area contributed by atoms with Gasteiger partial charge in [-0.2, -0.15) is 0 Å². The number of carbonyl (C=O) groups is 1. The van der Waals surface area contributed by atoms with Crippen molar-refractivity contribution in [3.63, 3.8) is 0 Å². The van der Waals surface area contributed by atoms with Gasteiger partial charge in [-0.3, -0.25) is 0 Å². The van der Waals surface area contributed by atoms with E-state index < -0.39 is 5.97 Å². The summed E-state index contributed by atoms with van der Waals surface area (Å²) in [6.07, 6.45) is 1.13. The fourth-order valence-corrected chi connectivity index (χ4v) is 3.38. The third-order valence-electron chi connectivity index (χ3n) is 4.24. The fourth-order valence-electron chi connectivity index (χ4n) is 3.19. The summed E-state index contributed by atoms with van der Waals surface area (Å²) in [7, 11) is 2.92. The highest BCUT2D eigenvalue weighted by Crippen LogP contribution is 2.41. The summed E-state index contributed by atoms with van der Waals surface area (Å²) < 4.78 is 10.3. The highest BCUT2D eigenvalue weighted by Gasteiger charge is 2.27. The number of phenolic OH excluding ortho intramolecular Hbond substituents is 1. The first-order valence-electron chi connectivity index (χ1n) is 8.18. The molecule has 134 valence electrons. The van der Waals surface area contributed by atoms with Gasteiger partial charge in [-0.15, -0.1) is 11.6 Å². The molecule has 0 amide bonds. The van der Waals surface area contributed by atoms with Crippen LogP contribution in [-0.2, 0) is 28.9 Å². The van der Waals surface area contributed by atoms with Gasteiger partial charge in [0.2, 0.25) is 0 Å². The van der Waals surface area contributed by atoms with E-state index in [4.69, 9.17) is 21.1 Å². The Hall–Kier alpha value is -2.04. The number of rotatable bonds is 7. The van der Waals surface area contributed by atoms with Crippen molar-refractivity contribution in [2.45, 2.75) is 26.4 Å². The summed E-state index contributed by atoms with van der Waals surface area (Å²) in [5, 5.41) is 10.8. The standard InChI is InChI=1S/C20H23ClO4/c1-4-14-16(12-24-2)15(10-11-21)17(13-8-6-5-7-9-13)18(19(14)22)20(23)25-3/h5-9,22H,4,10-12H2,1-3H3. The van der Waals surface area contributed by atoms with Crippen LogP contribution in [0.15, 0.2) is 30.3 Å². The van der Waals surface area contributed by atoms with Gasteiger partial charge in [-0.1, -0.05) is 37.3 Å². The number of methoxy groups -OCH3 is 2. The van der Waals surface area contributed by atoms with E-state index in [1.54, 1.807) is 7.11 Å². The molecule has 0 aromatic heterocycles. The van der Waals surface area contributed by atoms with E-state index in [0.717, 1.165) is 16.7 Å². The molecule has 0 atom stereocenters. The van der Waals surface area contributed by atoms with Crippen LogP contribution in [0.3, 0.4) is 0 Å². The molecule has 1 N–H and O–H groups in total. The van der Waals surface area contributed by atoms with Crippen molar-refractivity contribution >= 4 is 17.6 Å². The Morgan fingerprint density at radius 1 is 1.12 bits per heavy atom. The van der Waals surface area contributed by atoms with Gasteiger partial charge in [0, 0.05) is 24.1 Å². The Balaban J connectivity index is 2.95. The summed E-state index contributed by atoms with van der Waals surface area (Å²) in [4.78, 5) is 12.5. The maximum atomic E-state index is 12.5. The molecule has 4 nitrogen and oxygen atoms in total. The van der Waals surface area contributed by atoms with Crippen molar-refractivity contribution in [3.05, 3.63) is 52.6 Å². The van der Waals surface area contributed by atoms with E-state index in [9.17, 15) is 9.90 Å². The number of esters is 1. The van der Waals surface area contributed by atoms with Crippen molar-refractivity contribution < 1.29 is 19.4 Å². The summed E-state index contributed by atoms with van der Waals surface area (Å²) in [5.41, 5.74) is 4.17. The van der Waals surface area contributed by atoms with Crippen LogP contribution in [0.2, 0.25) is 0 Å². The number of aromatic hydroxyl groups is 1. The van der Waals surface area contributed by atoms with Gasteiger partial charge >= 0.3 is 5.97 Å². The molecule has 0 spiro atoms. The van der Waals surface area contributed by atoms with E-state index in [-0.39, 0.29) is 11.3 Å². The van der Waals surface area contributed by atoms with Gasteiger partial charge in [0.15, 0.2) is 0 Å². The highest BCUT2D eigenvalue weighted by molar-refractivity contribution is 6.18. The number of hydrogen-bond donors (Lipinski definition) is 1. The van der Waals surface area contributed by atoms with Crippen LogP contribution in [0, 0.1) is 0 Å². The van der Waals surface area contributed by atoms with E-state index in [1.807, 2.05) is 37.3 Å². The molecular formula is C20H23ClO4. The second-order valence-electron chi connectivity index (χ2n) is 5.62. The number of ether oxygens (including phenoxy) is 2. The van der Waals surface area contributed by atoms with Gasteiger partial charge in [-0.25, -0.2) is 4.79 Å². The Morgan fingerprint density at radius 3 is 2.32 bits per heavy atom. The zero-order chi connectivity index (χ0) is 18.4. The minimum absolute atomic E-state index is 0.0430. The third-order valence-corrected chi connectivity index (χ3v) is 4.43. The summed E-state index contributed by atoms with van der Waals surface area (Å²) in [6.45, 7) is 2.27. The Labute approximate surface area is 153 Å². The molecule has 2 aromatic rings. The molecule has 2 aromatic carbocycles. The van der Waals surface area contributed by atoms with Crippen molar-refractivity contribution in [3.8, 4) is 16.9 Å². The lowest BCUT2D eigenvalue weighted by atomic mass is 9.85. The number of benzene rings is 2. The van der Waals surface area contributed by atoms with Gasteiger partial charge in [0.25, 0.3) is 0 Å². The molecule has 25 heavy (non-hydrogen) atoms. The predicted octanol–water partition coefficient (Wildman–Crippen LogP) is 4.34. The lowest BCUT2D eigenvalue weighted by Crippen LogP contribution is -2.13. The van der Waals surface area contributed by atoms with E-state index >= 15 is 0 Å². The van der Waals surface area contributed by atoms with Crippen LogP contribution in [-0.4, -0.2) is 31.2 Å². The molecule has 0 aliphatic heterocycles.